The molecule has 0 aromatic heterocycles. The Morgan fingerprint density at radius 3 is 2.10 bits per heavy atom. The van der Waals surface area contributed by atoms with E-state index in [1.165, 1.54) is 35.6 Å². The molecule has 0 bridgehead atoms. The topological polar surface area (TPSA) is 76.2 Å². The van der Waals surface area contributed by atoms with Crippen LogP contribution in [0.15, 0.2) is 29.2 Å². The Labute approximate surface area is 124 Å². The van der Waals surface area contributed by atoms with Crippen LogP contribution in [0.4, 0.5) is 4.79 Å². The number of sulfonamides is 1. The Bertz CT molecular complexity index is 591. The van der Waals surface area contributed by atoms with E-state index in [2.05, 4.69) is 4.74 Å². The minimum atomic E-state index is -3.54. The second kappa shape index (κ2) is 6.31. The van der Waals surface area contributed by atoms with Gasteiger partial charge in [0.25, 0.3) is 0 Å². The van der Waals surface area contributed by atoms with Crippen LogP contribution in [0.3, 0.4) is 0 Å². The number of benzene rings is 1. The molecule has 0 spiro atoms. The van der Waals surface area contributed by atoms with Crippen molar-refractivity contribution >= 4 is 16.1 Å². The van der Waals surface area contributed by atoms with Crippen molar-refractivity contribution in [1.82, 2.24) is 9.21 Å². The maximum Gasteiger partial charge on any atom is 0.409 e. The van der Waals surface area contributed by atoms with Crippen LogP contribution < -0.4 is 4.74 Å². The molecule has 1 heterocycles. The second-order valence-corrected chi connectivity index (χ2v) is 6.47. The highest BCUT2D eigenvalue weighted by molar-refractivity contribution is 7.89. The van der Waals surface area contributed by atoms with E-state index >= 15 is 0 Å². The van der Waals surface area contributed by atoms with E-state index in [4.69, 9.17) is 4.74 Å². The van der Waals surface area contributed by atoms with Crippen LogP contribution in [-0.2, 0) is 14.8 Å². The zero-order valence-corrected chi connectivity index (χ0v) is 12.8. The van der Waals surface area contributed by atoms with Gasteiger partial charge in [-0.25, -0.2) is 13.2 Å². The van der Waals surface area contributed by atoms with E-state index in [0.717, 1.165) is 0 Å². The predicted molar refractivity (Wildman–Crippen MR) is 75.7 cm³/mol. The number of piperazine rings is 1. The summed E-state index contributed by atoms with van der Waals surface area (Å²) in [6.45, 7) is 1.15. The standard InChI is InChI=1S/C13H18N2O5S/c1-19-11-3-5-12(6-4-11)21(17,18)15-9-7-14(8-10-15)13(16)20-2/h3-6H,7-10H2,1-2H3. The normalized spacial score (nSPS) is 16.6. The van der Waals surface area contributed by atoms with Crippen LogP contribution in [0.2, 0.25) is 0 Å². The van der Waals surface area contributed by atoms with Gasteiger partial charge in [-0.1, -0.05) is 0 Å². The van der Waals surface area contributed by atoms with Crippen molar-refractivity contribution in [2.75, 3.05) is 40.4 Å². The van der Waals surface area contributed by atoms with Gasteiger partial charge in [-0.05, 0) is 24.3 Å². The molecule has 116 valence electrons. The van der Waals surface area contributed by atoms with Gasteiger partial charge in [-0.15, -0.1) is 0 Å². The summed E-state index contributed by atoms with van der Waals surface area (Å²) in [7, 11) is -0.712. The van der Waals surface area contributed by atoms with E-state index in [1.54, 1.807) is 12.1 Å². The molecule has 2 rings (SSSR count). The first-order chi connectivity index (χ1) is 9.98. The summed E-state index contributed by atoms with van der Waals surface area (Å²) in [6, 6.07) is 6.25. The molecule has 7 nitrogen and oxygen atoms in total. The molecule has 1 aromatic rings. The van der Waals surface area contributed by atoms with E-state index in [1.807, 2.05) is 0 Å². The third kappa shape index (κ3) is 3.27. The number of carbonyl (C=O) groups is 1. The van der Waals surface area contributed by atoms with Crippen molar-refractivity contribution in [2.45, 2.75) is 4.90 Å². The number of amides is 1. The fraction of sp³-hybridized carbons (Fsp3) is 0.462. The van der Waals surface area contributed by atoms with E-state index in [0.29, 0.717) is 18.8 Å². The highest BCUT2D eigenvalue weighted by Gasteiger charge is 2.30. The molecular formula is C13H18N2O5S. The molecule has 1 aliphatic rings. The summed E-state index contributed by atoms with van der Waals surface area (Å²) < 4.78 is 36.0. The van der Waals surface area contributed by atoms with Crippen molar-refractivity contribution in [1.29, 1.82) is 0 Å². The minimum absolute atomic E-state index is 0.217. The summed E-state index contributed by atoms with van der Waals surface area (Å²) in [5.74, 6) is 0.601. The largest absolute Gasteiger partial charge is 0.497 e. The Balaban J connectivity index is 2.09. The lowest BCUT2D eigenvalue weighted by Gasteiger charge is -2.33. The lowest BCUT2D eigenvalue weighted by Crippen LogP contribution is -2.50. The summed E-state index contributed by atoms with van der Waals surface area (Å²) in [5, 5.41) is 0. The van der Waals surface area contributed by atoms with Gasteiger partial charge >= 0.3 is 6.09 Å². The molecule has 0 atom stereocenters. The number of methoxy groups -OCH3 is 2. The Morgan fingerprint density at radius 1 is 1.05 bits per heavy atom. The van der Waals surface area contributed by atoms with Crippen molar-refractivity contribution < 1.29 is 22.7 Å². The van der Waals surface area contributed by atoms with Gasteiger partial charge in [-0.2, -0.15) is 4.31 Å². The van der Waals surface area contributed by atoms with Crippen LogP contribution in [0, 0.1) is 0 Å². The third-order valence-corrected chi connectivity index (χ3v) is 5.28. The number of rotatable bonds is 3. The van der Waals surface area contributed by atoms with E-state index in [-0.39, 0.29) is 18.0 Å². The maximum atomic E-state index is 12.5. The zero-order chi connectivity index (χ0) is 15.5. The number of hydrogen-bond donors (Lipinski definition) is 0. The zero-order valence-electron chi connectivity index (χ0n) is 12.0. The number of hydrogen-bond acceptors (Lipinski definition) is 5. The Kier molecular flexibility index (Phi) is 4.69. The molecule has 8 heteroatoms. The summed E-state index contributed by atoms with van der Waals surface area (Å²) in [6.07, 6.45) is -0.434. The van der Waals surface area contributed by atoms with Crippen molar-refractivity contribution in [2.24, 2.45) is 0 Å². The number of ether oxygens (including phenoxy) is 2. The molecule has 1 amide bonds. The second-order valence-electron chi connectivity index (χ2n) is 4.54. The van der Waals surface area contributed by atoms with Gasteiger partial charge in [0.15, 0.2) is 0 Å². The summed E-state index contributed by atoms with van der Waals surface area (Å²) >= 11 is 0. The molecule has 0 saturated carbocycles. The van der Waals surface area contributed by atoms with Crippen LogP contribution in [0.5, 0.6) is 5.75 Å². The van der Waals surface area contributed by atoms with E-state index in [9.17, 15) is 13.2 Å². The lowest BCUT2D eigenvalue weighted by molar-refractivity contribution is 0.108. The smallest absolute Gasteiger partial charge is 0.409 e. The van der Waals surface area contributed by atoms with Gasteiger partial charge in [0.2, 0.25) is 10.0 Å². The summed E-state index contributed by atoms with van der Waals surface area (Å²) in [4.78, 5) is 13.1. The highest BCUT2D eigenvalue weighted by Crippen LogP contribution is 2.20. The number of nitrogens with zero attached hydrogens (tertiary/aromatic N) is 2. The first kappa shape index (κ1) is 15.6. The van der Waals surface area contributed by atoms with E-state index < -0.39 is 16.1 Å². The van der Waals surface area contributed by atoms with Gasteiger partial charge in [0, 0.05) is 26.2 Å². The fourth-order valence-electron chi connectivity index (χ4n) is 2.14. The summed E-state index contributed by atoms with van der Waals surface area (Å²) in [5.41, 5.74) is 0. The quantitative estimate of drug-likeness (QED) is 0.823. The molecule has 0 radical (unpaired) electrons. The molecule has 21 heavy (non-hydrogen) atoms. The molecule has 0 unspecified atom stereocenters. The minimum Gasteiger partial charge on any atom is -0.497 e. The molecular weight excluding hydrogens is 296 g/mol. The van der Waals surface area contributed by atoms with Gasteiger partial charge in [-0.3, -0.25) is 0 Å². The molecule has 0 N–H and O–H groups in total. The average molecular weight is 314 g/mol. The molecule has 1 fully saturated rings. The molecule has 1 aromatic carbocycles. The molecule has 0 aliphatic carbocycles. The molecule has 1 aliphatic heterocycles. The first-order valence-corrected chi connectivity index (χ1v) is 7.90. The monoisotopic (exact) mass is 314 g/mol. The van der Waals surface area contributed by atoms with Crippen molar-refractivity contribution in [3.05, 3.63) is 24.3 Å². The third-order valence-electron chi connectivity index (χ3n) is 3.37. The van der Waals surface area contributed by atoms with Crippen LogP contribution in [-0.4, -0.2) is 64.1 Å². The predicted octanol–water partition coefficient (Wildman–Crippen LogP) is 0.768. The molecule has 1 saturated heterocycles. The fourth-order valence-corrected chi connectivity index (χ4v) is 3.56. The van der Waals surface area contributed by atoms with Crippen LogP contribution >= 0.6 is 0 Å². The SMILES string of the molecule is COC(=O)N1CCN(S(=O)(=O)c2ccc(OC)cc2)CC1. The maximum absolute atomic E-state index is 12.5. The van der Waals surface area contributed by atoms with Gasteiger partial charge in [0.05, 0.1) is 19.1 Å². The van der Waals surface area contributed by atoms with Crippen LogP contribution in [0.25, 0.3) is 0 Å². The van der Waals surface area contributed by atoms with Gasteiger partial charge in [0.1, 0.15) is 5.75 Å². The van der Waals surface area contributed by atoms with Crippen molar-refractivity contribution in [3.63, 3.8) is 0 Å². The van der Waals surface area contributed by atoms with Gasteiger partial charge < -0.3 is 14.4 Å². The highest BCUT2D eigenvalue weighted by atomic mass is 32.2. The van der Waals surface area contributed by atoms with Crippen LogP contribution in [0.1, 0.15) is 0 Å². The average Bonchev–Trinajstić information content (AvgIpc) is 2.54. The Hall–Kier alpha value is -1.80. The first-order valence-electron chi connectivity index (χ1n) is 6.46. The Morgan fingerprint density at radius 2 is 1.62 bits per heavy atom. The lowest BCUT2D eigenvalue weighted by atomic mass is 10.3. The number of carbonyl (C=O) groups excluding carboxylic acids is 1. The van der Waals surface area contributed by atoms with Crippen molar-refractivity contribution in [3.8, 4) is 5.75 Å².